The van der Waals surface area contributed by atoms with Crippen molar-refractivity contribution in [3.8, 4) is 0 Å². The van der Waals surface area contributed by atoms with E-state index in [1.165, 1.54) is 13.4 Å². The Morgan fingerprint density at radius 1 is 1.12 bits per heavy atom. The maximum Gasteiger partial charge on any atom is 0.337 e. The number of benzene rings is 1. The molecule has 0 radical (unpaired) electrons. The number of hydrogen-bond acceptors (Lipinski definition) is 7. The first-order valence-electron chi connectivity index (χ1n) is 7.75. The maximum atomic E-state index is 11.7. The van der Waals surface area contributed by atoms with Crippen molar-refractivity contribution in [1.82, 2.24) is 15.0 Å². The quantitative estimate of drug-likeness (QED) is 0.641. The van der Waals surface area contributed by atoms with Crippen LogP contribution in [-0.4, -0.2) is 28.0 Å². The summed E-state index contributed by atoms with van der Waals surface area (Å²) in [6.45, 7) is 0.609. The van der Waals surface area contributed by atoms with E-state index in [-0.39, 0.29) is 0 Å². The molecule has 0 spiro atoms. The van der Waals surface area contributed by atoms with Crippen molar-refractivity contribution in [2.24, 2.45) is 0 Å². The Labute approximate surface area is 155 Å². The van der Waals surface area contributed by atoms with E-state index >= 15 is 0 Å². The lowest BCUT2D eigenvalue weighted by molar-refractivity contribution is 0.0601. The van der Waals surface area contributed by atoms with Crippen LogP contribution in [0, 0.1) is 0 Å². The first-order valence-corrected chi connectivity index (χ1v) is 8.13. The van der Waals surface area contributed by atoms with E-state index in [2.05, 4.69) is 25.6 Å². The molecule has 26 heavy (non-hydrogen) atoms. The van der Waals surface area contributed by atoms with Crippen LogP contribution in [0.4, 0.5) is 17.3 Å². The number of carbonyl (C=O) groups is 1. The molecule has 0 aliphatic rings. The zero-order chi connectivity index (χ0) is 18.4. The molecule has 0 saturated heterocycles. The second kappa shape index (κ2) is 8.26. The highest BCUT2D eigenvalue weighted by atomic mass is 35.5. The third-order valence-electron chi connectivity index (χ3n) is 3.54. The molecule has 0 atom stereocenters. The molecule has 3 rings (SSSR count). The minimum Gasteiger partial charge on any atom is -0.465 e. The lowest BCUT2D eigenvalue weighted by Crippen LogP contribution is -2.04. The number of nitrogens with one attached hydrogen (secondary N) is 2. The van der Waals surface area contributed by atoms with Crippen LogP contribution < -0.4 is 10.6 Å². The molecule has 0 aliphatic carbocycles. The first kappa shape index (κ1) is 17.6. The van der Waals surface area contributed by atoms with Gasteiger partial charge < -0.3 is 15.4 Å². The van der Waals surface area contributed by atoms with Gasteiger partial charge in [0.15, 0.2) is 0 Å². The van der Waals surface area contributed by atoms with Gasteiger partial charge in [0.1, 0.15) is 18.0 Å². The number of halogens is 1. The average molecular weight is 370 g/mol. The molecule has 2 N–H and O–H groups in total. The Hall–Kier alpha value is -3.19. The zero-order valence-electron chi connectivity index (χ0n) is 13.9. The largest absolute Gasteiger partial charge is 0.465 e. The van der Waals surface area contributed by atoms with Crippen molar-refractivity contribution in [2.75, 3.05) is 17.7 Å². The summed E-state index contributed by atoms with van der Waals surface area (Å²) >= 11 is 6.20. The van der Waals surface area contributed by atoms with Crippen LogP contribution in [0.1, 0.15) is 15.9 Å². The Balaban J connectivity index is 1.73. The van der Waals surface area contributed by atoms with Gasteiger partial charge in [0, 0.05) is 25.0 Å². The summed E-state index contributed by atoms with van der Waals surface area (Å²) in [4.78, 5) is 24.0. The molecule has 132 valence electrons. The summed E-state index contributed by atoms with van der Waals surface area (Å²) in [5.74, 6) is 0.757. The number of aromatic nitrogens is 3. The van der Waals surface area contributed by atoms with Crippen LogP contribution in [0.25, 0.3) is 0 Å². The molecule has 0 aliphatic heterocycles. The number of pyridine rings is 1. The molecule has 0 fully saturated rings. The molecule has 0 amide bonds. The number of ether oxygens (including phenoxy) is 1. The van der Waals surface area contributed by atoms with Gasteiger partial charge in [-0.15, -0.1) is 0 Å². The third-order valence-corrected chi connectivity index (χ3v) is 3.87. The smallest absolute Gasteiger partial charge is 0.337 e. The Bertz CT molecular complexity index is 905. The van der Waals surface area contributed by atoms with Crippen molar-refractivity contribution in [3.63, 3.8) is 0 Å². The molecule has 3 aromatic rings. The van der Waals surface area contributed by atoms with Crippen LogP contribution in [-0.2, 0) is 11.3 Å². The van der Waals surface area contributed by atoms with Crippen LogP contribution in [0.3, 0.4) is 0 Å². The van der Waals surface area contributed by atoms with Crippen LogP contribution in [0.2, 0.25) is 5.02 Å². The summed E-state index contributed by atoms with van der Waals surface area (Å²) < 4.78 is 4.72. The highest BCUT2D eigenvalue weighted by molar-refractivity contribution is 6.33. The van der Waals surface area contributed by atoms with E-state index in [0.717, 1.165) is 5.56 Å². The predicted octanol–water partition coefficient (Wildman–Crippen LogP) is 3.67. The Morgan fingerprint density at radius 2 is 1.88 bits per heavy atom. The highest BCUT2D eigenvalue weighted by Gasteiger charge is 2.10. The van der Waals surface area contributed by atoms with Gasteiger partial charge in [0.2, 0.25) is 0 Å². The number of anilines is 3. The van der Waals surface area contributed by atoms with Crippen molar-refractivity contribution >= 4 is 34.9 Å². The fourth-order valence-electron chi connectivity index (χ4n) is 2.22. The number of methoxy groups -OCH3 is 1. The van der Waals surface area contributed by atoms with Crippen LogP contribution >= 0.6 is 11.6 Å². The van der Waals surface area contributed by atoms with Crippen molar-refractivity contribution in [1.29, 1.82) is 0 Å². The van der Waals surface area contributed by atoms with Crippen LogP contribution in [0.5, 0.6) is 0 Å². The lowest BCUT2D eigenvalue weighted by atomic mass is 10.2. The van der Waals surface area contributed by atoms with Gasteiger partial charge in [0.25, 0.3) is 0 Å². The summed E-state index contributed by atoms with van der Waals surface area (Å²) in [5.41, 5.74) is 2.03. The van der Waals surface area contributed by atoms with E-state index in [1.54, 1.807) is 36.7 Å². The van der Waals surface area contributed by atoms with Gasteiger partial charge in [-0.05, 0) is 35.9 Å². The lowest BCUT2D eigenvalue weighted by Gasteiger charge is -2.11. The fourth-order valence-corrected chi connectivity index (χ4v) is 2.38. The SMILES string of the molecule is COC(=O)c1ccc(Cl)c(Nc2cc(NCc3ccncc3)ncn2)c1. The van der Waals surface area contributed by atoms with Gasteiger partial charge >= 0.3 is 5.97 Å². The maximum absolute atomic E-state index is 11.7. The normalized spacial score (nSPS) is 10.2. The van der Waals surface area contributed by atoms with Crippen LogP contribution in [0.15, 0.2) is 55.1 Å². The molecular weight excluding hydrogens is 354 g/mol. The molecule has 2 aromatic heterocycles. The zero-order valence-corrected chi connectivity index (χ0v) is 14.7. The molecule has 2 heterocycles. The second-order valence-corrected chi connectivity index (χ2v) is 5.72. The van der Waals surface area contributed by atoms with E-state index in [1.807, 2.05) is 12.1 Å². The molecule has 0 bridgehead atoms. The molecule has 1 aromatic carbocycles. The number of esters is 1. The number of rotatable bonds is 6. The molecule has 7 nitrogen and oxygen atoms in total. The third kappa shape index (κ3) is 4.46. The summed E-state index contributed by atoms with van der Waals surface area (Å²) in [6.07, 6.45) is 4.91. The van der Waals surface area contributed by atoms with E-state index < -0.39 is 5.97 Å². The van der Waals surface area contributed by atoms with Crippen molar-refractivity contribution in [3.05, 3.63) is 71.3 Å². The van der Waals surface area contributed by atoms with Gasteiger partial charge in [0.05, 0.1) is 23.4 Å². The standard InChI is InChI=1S/C18H16ClN5O2/c1-26-18(25)13-2-3-14(19)15(8-13)24-17-9-16(22-11-23-17)21-10-12-4-6-20-7-5-12/h2-9,11H,10H2,1H3,(H2,21,22,23,24). The number of carbonyl (C=O) groups excluding carboxylic acids is 1. The molecule has 8 heteroatoms. The van der Waals surface area contributed by atoms with Gasteiger partial charge in [-0.25, -0.2) is 14.8 Å². The fraction of sp³-hybridized carbons (Fsp3) is 0.111. The predicted molar refractivity (Wildman–Crippen MR) is 99.7 cm³/mol. The minimum atomic E-state index is -0.438. The second-order valence-electron chi connectivity index (χ2n) is 5.31. The Morgan fingerprint density at radius 3 is 2.65 bits per heavy atom. The Kier molecular flexibility index (Phi) is 5.60. The minimum absolute atomic E-state index is 0.393. The van der Waals surface area contributed by atoms with Gasteiger partial charge in [-0.1, -0.05) is 11.6 Å². The monoisotopic (exact) mass is 369 g/mol. The first-order chi connectivity index (χ1) is 12.7. The summed E-state index contributed by atoms with van der Waals surface area (Å²) in [7, 11) is 1.33. The topological polar surface area (TPSA) is 89.0 Å². The average Bonchev–Trinajstić information content (AvgIpc) is 2.68. The molecular formula is C18H16ClN5O2. The van der Waals surface area contributed by atoms with Gasteiger partial charge in [-0.2, -0.15) is 0 Å². The molecule has 0 unspecified atom stereocenters. The number of nitrogens with zero attached hydrogens (tertiary/aromatic N) is 3. The van der Waals surface area contributed by atoms with Gasteiger partial charge in [-0.3, -0.25) is 4.98 Å². The van der Waals surface area contributed by atoms with E-state index in [9.17, 15) is 4.79 Å². The summed E-state index contributed by atoms with van der Waals surface area (Å²) in [5, 5.41) is 6.76. The summed E-state index contributed by atoms with van der Waals surface area (Å²) in [6, 6.07) is 10.4. The number of hydrogen-bond donors (Lipinski definition) is 2. The highest BCUT2D eigenvalue weighted by Crippen LogP contribution is 2.26. The molecule has 0 saturated carbocycles. The van der Waals surface area contributed by atoms with E-state index in [0.29, 0.717) is 34.5 Å². The van der Waals surface area contributed by atoms with Crippen molar-refractivity contribution < 1.29 is 9.53 Å². The van der Waals surface area contributed by atoms with Crippen molar-refractivity contribution in [2.45, 2.75) is 6.54 Å². The van der Waals surface area contributed by atoms with E-state index in [4.69, 9.17) is 16.3 Å².